The summed E-state index contributed by atoms with van der Waals surface area (Å²) in [7, 11) is 0. The van der Waals surface area contributed by atoms with E-state index in [9.17, 15) is 23.1 Å². The van der Waals surface area contributed by atoms with Gasteiger partial charge in [-0.2, -0.15) is 13.2 Å². The molecule has 0 radical (unpaired) electrons. The second kappa shape index (κ2) is 16.0. The van der Waals surface area contributed by atoms with Gasteiger partial charge in [0.2, 0.25) is 0 Å². The van der Waals surface area contributed by atoms with E-state index in [-0.39, 0.29) is 72.9 Å². The predicted octanol–water partition coefficient (Wildman–Crippen LogP) is 6.29. The van der Waals surface area contributed by atoms with E-state index in [0.717, 1.165) is 19.3 Å². The molecule has 30 heavy (non-hydrogen) atoms. The van der Waals surface area contributed by atoms with Gasteiger partial charge in [0.1, 0.15) is 0 Å². The molecule has 3 nitrogen and oxygen atoms in total. The Balaban J connectivity index is 0. The van der Waals surface area contributed by atoms with E-state index < -0.39 is 5.51 Å². The van der Waals surface area contributed by atoms with Crippen molar-refractivity contribution in [2.75, 3.05) is 13.2 Å². The monoisotopic (exact) mass is 489 g/mol. The molecule has 0 saturated heterocycles. The summed E-state index contributed by atoms with van der Waals surface area (Å²) < 4.78 is 36.7. The van der Waals surface area contributed by atoms with Gasteiger partial charge in [0.15, 0.2) is 0 Å². The van der Waals surface area contributed by atoms with Gasteiger partial charge < -0.3 is 25.3 Å². The Morgan fingerprint density at radius 3 is 1.93 bits per heavy atom. The van der Waals surface area contributed by atoms with Crippen LogP contribution >= 0.6 is 11.8 Å². The third-order valence-electron chi connectivity index (χ3n) is 5.18. The van der Waals surface area contributed by atoms with Gasteiger partial charge in [-0.1, -0.05) is 38.5 Å². The largest absolute Gasteiger partial charge is 2.00 e. The number of hydrogen-bond acceptors (Lipinski definition) is 3. The molecular formula is C22H34F3FeNO2S. The fraction of sp³-hybridized carbons (Fsp3) is 0.591. The topological polar surface area (TPSA) is 49.3 Å². The third-order valence-corrected chi connectivity index (χ3v) is 5.92. The quantitative estimate of drug-likeness (QED) is 0.291. The molecule has 2 fully saturated rings. The Hall–Kier alpha value is -0.691. The Labute approximate surface area is 194 Å². The number of aliphatic hydroxyl groups is 1. The van der Waals surface area contributed by atoms with Gasteiger partial charge in [-0.15, -0.1) is 0 Å². The number of halogens is 3. The van der Waals surface area contributed by atoms with Gasteiger partial charge in [0.05, 0.1) is 0 Å². The van der Waals surface area contributed by atoms with E-state index in [0.29, 0.717) is 12.1 Å². The minimum absolute atomic E-state index is 0. The van der Waals surface area contributed by atoms with E-state index in [2.05, 4.69) is 5.32 Å². The average molecular weight is 489 g/mol. The number of nitrogens with one attached hydrogen (secondary N) is 1. The van der Waals surface area contributed by atoms with Crippen LogP contribution in [0, 0.1) is 26.7 Å². The zero-order valence-electron chi connectivity index (χ0n) is 17.8. The Bertz CT molecular complexity index is 573. The van der Waals surface area contributed by atoms with Crippen molar-refractivity contribution < 1.29 is 40.1 Å². The summed E-state index contributed by atoms with van der Waals surface area (Å²) in [5.74, 6) is 0.201. The van der Waals surface area contributed by atoms with Crippen LogP contribution in [-0.4, -0.2) is 29.7 Å². The van der Waals surface area contributed by atoms with Crippen molar-refractivity contribution in [2.24, 2.45) is 11.8 Å². The van der Waals surface area contributed by atoms with Crippen molar-refractivity contribution in [2.45, 2.75) is 61.8 Å². The first-order chi connectivity index (χ1) is 12.9. The summed E-state index contributed by atoms with van der Waals surface area (Å²) in [5.41, 5.74) is -3.99. The van der Waals surface area contributed by atoms with E-state index in [1.807, 2.05) is 0 Å². The van der Waals surface area contributed by atoms with E-state index >= 15 is 0 Å². The van der Waals surface area contributed by atoms with Crippen LogP contribution in [0.4, 0.5) is 13.2 Å². The number of thioether (sulfide) groups is 1. The zero-order chi connectivity index (χ0) is 19.7. The molecule has 2 atom stereocenters. The predicted molar refractivity (Wildman–Crippen MR) is 115 cm³/mol. The molecule has 2 saturated carbocycles. The zero-order valence-corrected chi connectivity index (χ0v) is 19.7. The molecule has 0 aromatic heterocycles. The second-order valence-electron chi connectivity index (χ2n) is 7.18. The number of aliphatic hydroxyl groups excluding tert-OH is 1. The maximum atomic E-state index is 12.2. The number of benzene rings is 1. The van der Waals surface area contributed by atoms with Crippen LogP contribution in [0.15, 0.2) is 29.2 Å². The van der Waals surface area contributed by atoms with Gasteiger partial charge in [0, 0.05) is 23.6 Å². The van der Waals surface area contributed by atoms with Gasteiger partial charge in [0.25, 0.3) is 5.91 Å². The Morgan fingerprint density at radius 1 is 0.967 bits per heavy atom. The van der Waals surface area contributed by atoms with Crippen LogP contribution in [0.25, 0.3) is 0 Å². The van der Waals surface area contributed by atoms with Crippen molar-refractivity contribution in [3.8, 4) is 0 Å². The molecule has 0 spiro atoms. The minimum atomic E-state index is -4.33. The van der Waals surface area contributed by atoms with Crippen molar-refractivity contribution in [1.29, 1.82) is 0 Å². The first-order valence-electron chi connectivity index (χ1n) is 9.64. The van der Waals surface area contributed by atoms with Crippen molar-refractivity contribution in [3.05, 3.63) is 44.7 Å². The molecular weight excluding hydrogens is 455 g/mol. The summed E-state index contributed by atoms with van der Waals surface area (Å²) in [5, 5.41) is 12.0. The average Bonchev–Trinajstić information content (AvgIpc) is 3.33. The van der Waals surface area contributed by atoms with Crippen LogP contribution < -0.4 is 5.32 Å². The van der Waals surface area contributed by atoms with Gasteiger partial charge in [-0.05, 0) is 60.7 Å². The Morgan fingerprint density at radius 2 is 1.47 bits per heavy atom. The van der Waals surface area contributed by atoms with Crippen LogP contribution in [0.1, 0.15) is 61.7 Å². The van der Waals surface area contributed by atoms with Gasteiger partial charge in [-0.3, -0.25) is 4.79 Å². The smallest absolute Gasteiger partial charge is 0.396 e. The molecule has 8 heteroatoms. The summed E-state index contributed by atoms with van der Waals surface area (Å²) in [6.07, 6.45) is 10.5. The number of amides is 1. The first kappa shape index (κ1) is 31.5. The maximum absolute atomic E-state index is 12.2. The number of carbonyl (C=O) groups excluding carboxylic acids is 1. The third kappa shape index (κ3) is 11.6. The molecule has 0 bridgehead atoms. The van der Waals surface area contributed by atoms with Crippen molar-refractivity contribution in [1.82, 2.24) is 5.32 Å². The standard InChI is InChI=1S/C15H18F3NO2S.C5H10.2CH3.Fe/c16-15(17,18)22-13-6-4-10(5-7-13)14(21)19-8-11-2-1-3-12(11)9-20;1-2-4-5-3-1;;;/h4-7,11-12,20H,1-3,8-9H2,(H,19,21);1-5H2;2*1H3;/q;;2*-1;+2. The molecule has 1 amide bonds. The molecule has 2 N–H and O–H groups in total. The van der Waals surface area contributed by atoms with Crippen LogP contribution in [0.5, 0.6) is 0 Å². The number of rotatable bonds is 5. The molecule has 2 aliphatic carbocycles. The van der Waals surface area contributed by atoms with Gasteiger partial charge in [-0.25, -0.2) is 0 Å². The van der Waals surface area contributed by atoms with E-state index in [1.165, 1.54) is 56.4 Å². The van der Waals surface area contributed by atoms with Crippen molar-refractivity contribution >= 4 is 17.7 Å². The molecule has 2 aliphatic rings. The van der Waals surface area contributed by atoms with E-state index in [4.69, 9.17) is 0 Å². The SMILES string of the molecule is C1CCCC1.O=C(NCC1CCCC1CO)c1ccc(SC(F)(F)F)cc1.[CH3-].[CH3-].[Fe+2]. The normalized spacial score (nSPS) is 20.0. The summed E-state index contributed by atoms with van der Waals surface area (Å²) in [6.45, 7) is 0.618. The van der Waals surface area contributed by atoms with Gasteiger partial charge >= 0.3 is 22.6 Å². The molecule has 1 aromatic rings. The van der Waals surface area contributed by atoms with E-state index in [1.54, 1.807) is 0 Å². The number of alkyl halides is 3. The fourth-order valence-corrected chi connectivity index (χ4v) is 4.18. The summed E-state index contributed by atoms with van der Waals surface area (Å²) in [4.78, 5) is 12.0. The van der Waals surface area contributed by atoms with Crippen LogP contribution in [0.3, 0.4) is 0 Å². The molecule has 3 rings (SSSR count). The molecule has 0 heterocycles. The van der Waals surface area contributed by atoms with Crippen molar-refractivity contribution in [3.63, 3.8) is 0 Å². The second-order valence-corrected chi connectivity index (χ2v) is 8.32. The summed E-state index contributed by atoms with van der Waals surface area (Å²) >= 11 is -0.201. The first-order valence-corrected chi connectivity index (χ1v) is 10.5. The molecule has 1 aromatic carbocycles. The Kier molecular flexibility index (Phi) is 16.8. The summed E-state index contributed by atoms with van der Waals surface area (Å²) in [6, 6.07) is 5.36. The van der Waals surface area contributed by atoms with Crippen LogP contribution in [-0.2, 0) is 17.1 Å². The maximum Gasteiger partial charge on any atom is 2.00 e. The van der Waals surface area contributed by atoms with Crippen LogP contribution in [0.2, 0.25) is 0 Å². The fourth-order valence-electron chi connectivity index (χ4n) is 3.64. The number of hydrogen-bond donors (Lipinski definition) is 2. The molecule has 174 valence electrons. The molecule has 0 aliphatic heterocycles. The number of carbonyl (C=O) groups is 1. The minimum Gasteiger partial charge on any atom is -0.396 e. The molecule has 2 unspecified atom stereocenters.